The summed E-state index contributed by atoms with van der Waals surface area (Å²) in [6, 6.07) is 19.0. The molecule has 2 aromatic heterocycles. The van der Waals surface area contributed by atoms with Gasteiger partial charge in [0.15, 0.2) is 5.43 Å². The van der Waals surface area contributed by atoms with Crippen molar-refractivity contribution in [1.82, 2.24) is 14.9 Å². The summed E-state index contributed by atoms with van der Waals surface area (Å²) in [7, 11) is 1.17. The van der Waals surface area contributed by atoms with Gasteiger partial charge in [-0.25, -0.2) is 9.78 Å². The van der Waals surface area contributed by atoms with E-state index < -0.39 is 17.5 Å². The molecule has 0 atom stereocenters. The molecule has 1 amide bonds. The summed E-state index contributed by atoms with van der Waals surface area (Å²) in [5, 5.41) is 3.50. The Kier molecular flexibility index (Phi) is 6.41. The van der Waals surface area contributed by atoms with Gasteiger partial charge in [0, 0.05) is 21.7 Å². The molecule has 5 rings (SSSR count). The number of carbonyl (C=O) groups is 2. The van der Waals surface area contributed by atoms with Gasteiger partial charge in [-0.2, -0.15) is 0 Å². The maximum absolute atomic E-state index is 13.6. The van der Waals surface area contributed by atoms with E-state index in [0.717, 1.165) is 4.70 Å². The van der Waals surface area contributed by atoms with Crippen LogP contribution < -0.4 is 15.5 Å². The molecule has 0 fully saturated rings. The number of fused-ring (bicyclic) bond motifs is 2. The lowest BCUT2D eigenvalue weighted by Crippen LogP contribution is -2.29. The highest BCUT2D eigenvalue weighted by atomic mass is 35.5. The van der Waals surface area contributed by atoms with Crippen molar-refractivity contribution in [2.24, 2.45) is 0 Å². The Morgan fingerprint density at radius 3 is 2.67 bits per heavy atom. The van der Waals surface area contributed by atoms with Crippen LogP contribution in [0.3, 0.4) is 0 Å². The van der Waals surface area contributed by atoms with E-state index in [0.29, 0.717) is 32.7 Å². The number of hydrogen-bond acceptors (Lipinski definition) is 7. The number of nitrogens with zero attached hydrogens (tertiary/aromatic N) is 2. The van der Waals surface area contributed by atoms with Crippen molar-refractivity contribution in [3.8, 4) is 11.6 Å². The molecule has 8 nitrogen and oxygen atoms in total. The van der Waals surface area contributed by atoms with E-state index in [1.807, 2.05) is 24.3 Å². The zero-order valence-electron chi connectivity index (χ0n) is 18.9. The molecule has 0 aliphatic rings. The zero-order valence-corrected chi connectivity index (χ0v) is 20.4. The topological polar surface area (TPSA) is 99.5 Å². The maximum Gasteiger partial charge on any atom is 0.514 e. The largest absolute Gasteiger partial charge is 0.514 e. The third-order valence-electron chi connectivity index (χ3n) is 5.56. The summed E-state index contributed by atoms with van der Waals surface area (Å²) < 4.78 is 12.8. The van der Waals surface area contributed by atoms with E-state index in [4.69, 9.17) is 21.1 Å². The van der Waals surface area contributed by atoms with Crippen molar-refractivity contribution in [2.45, 2.75) is 6.54 Å². The van der Waals surface area contributed by atoms with Gasteiger partial charge >= 0.3 is 6.16 Å². The molecule has 0 spiro atoms. The number of benzene rings is 3. The van der Waals surface area contributed by atoms with Crippen molar-refractivity contribution < 1.29 is 19.1 Å². The molecule has 0 bridgehead atoms. The fraction of sp³-hybridized carbons (Fsp3) is 0.0769. The monoisotopic (exact) mass is 519 g/mol. The molecule has 180 valence electrons. The van der Waals surface area contributed by atoms with E-state index in [2.05, 4.69) is 10.3 Å². The third-order valence-corrected chi connectivity index (χ3v) is 6.61. The molecule has 0 aliphatic carbocycles. The smallest absolute Gasteiger partial charge is 0.437 e. The summed E-state index contributed by atoms with van der Waals surface area (Å²) in [5.74, 6) is -0.487. The van der Waals surface area contributed by atoms with E-state index in [1.54, 1.807) is 52.5 Å². The number of nitrogens with one attached hydrogen (secondary N) is 1. The van der Waals surface area contributed by atoms with Crippen molar-refractivity contribution in [3.05, 3.63) is 98.6 Å². The molecule has 0 saturated carbocycles. The molecular weight excluding hydrogens is 502 g/mol. The number of para-hydroxylation sites is 1. The fourth-order valence-electron chi connectivity index (χ4n) is 3.87. The van der Waals surface area contributed by atoms with E-state index >= 15 is 0 Å². The van der Waals surface area contributed by atoms with Crippen LogP contribution in [0.15, 0.2) is 77.0 Å². The SMILES string of the molecule is COC(=O)Oc1c(CNC(=O)c2ccc3scnc3c2)c(=O)c2ccc(Cl)cc2n1-c1ccccc1. The van der Waals surface area contributed by atoms with Gasteiger partial charge in [-0.3, -0.25) is 14.2 Å². The zero-order chi connectivity index (χ0) is 25.2. The Labute approximate surface area is 213 Å². The first-order valence-corrected chi connectivity index (χ1v) is 12.0. The molecule has 0 unspecified atom stereocenters. The van der Waals surface area contributed by atoms with Gasteiger partial charge in [0.25, 0.3) is 5.91 Å². The maximum atomic E-state index is 13.6. The summed E-state index contributed by atoms with van der Waals surface area (Å²) in [4.78, 5) is 43.0. The first-order chi connectivity index (χ1) is 17.5. The van der Waals surface area contributed by atoms with Crippen LogP contribution in [-0.4, -0.2) is 28.7 Å². The number of pyridine rings is 1. The van der Waals surface area contributed by atoms with Gasteiger partial charge in [-0.15, -0.1) is 11.3 Å². The normalized spacial score (nSPS) is 10.9. The minimum absolute atomic E-state index is 0.0714. The van der Waals surface area contributed by atoms with Crippen LogP contribution in [0.5, 0.6) is 5.88 Å². The number of carbonyl (C=O) groups excluding carboxylic acids is 2. The highest BCUT2D eigenvalue weighted by molar-refractivity contribution is 7.16. The molecule has 0 aliphatic heterocycles. The summed E-state index contributed by atoms with van der Waals surface area (Å²) in [6.45, 7) is -0.204. The Balaban J connectivity index is 1.64. The quantitative estimate of drug-likeness (QED) is 0.315. The molecule has 5 aromatic rings. The summed E-state index contributed by atoms with van der Waals surface area (Å²) in [6.07, 6.45) is -1.01. The molecule has 3 aromatic carbocycles. The van der Waals surface area contributed by atoms with Crippen molar-refractivity contribution in [2.75, 3.05) is 7.11 Å². The first-order valence-electron chi connectivity index (χ1n) is 10.8. The second-order valence-corrected chi connectivity index (χ2v) is 9.04. The number of thiazole rings is 1. The lowest BCUT2D eigenvalue weighted by Gasteiger charge is -2.20. The molecule has 2 heterocycles. The van der Waals surface area contributed by atoms with Crippen molar-refractivity contribution >= 4 is 56.1 Å². The Hall–Kier alpha value is -4.21. The van der Waals surface area contributed by atoms with Crippen LogP contribution >= 0.6 is 22.9 Å². The van der Waals surface area contributed by atoms with Gasteiger partial charge in [0.05, 0.1) is 40.5 Å². The number of rotatable bonds is 5. The van der Waals surface area contributed by atoms with E-state index in [9.17, 15) is 14.4 Å². The summed E-state index contributed by atoms with van der Waals surface area (Å²) in [5.41, 5.74) is 3.50. The van der Waals surface area contributed by atoms with E-state index in [1.165, 1.54) is 18.4 Å². The molecule has 0 saturated heterocycles. The van der Waals surface area contributed by atoms with Crippen LogP contribution in [0.4, 0.5) is 4.79 Å². The molecule has 0 radical (unpaired) electrons. The van der Waals surface area contributed by atoms with Crippen LogP contribution in [0.25, 0.3) is 26.8 Å². The van der Waals surface area contributed by atoms with Gasteiger partial charge < -0.3 is 14.8 Å². The summed E-state index contributed by atoms with van der Waals surface area (Å²) >= 11 is 7.72. The van der Waals surface area contributed by atoms with Crippen molar-refractivity contribution in [1.29, 1.82) is 0 Å². The van der Waals surface area contributed by atoms with Gasteiger partial charge in [-0.1, -0.05) is 29.8 Å². The second-order valence-electron chi connectivity index (χ2n) is 7.72. The highest BCUT2D eigenvalue weighted by Crippen LogP contribution is 2.30. The second kappa shape index (κ2) is 9.80. The van der Waals surface area contributed by atoms with Gasteiger partial charge in [-0.05, 0) is 48.5 Å². The number of halogens is 1. The molecule has 1 N–H and O–H groups in total. The predicted molar refractivity (Wildman–Crippen MR) is 138 cm³/mol. The average Bonchev–Trinajstić information content (AvgIpc) is 3.37. The lowest BCUT2D eigenvalue weighted by molar-refractivity contribution is 0.0950. The Morgan fingerprint density at radius 2 is 1.89 bits per heavy atom. The van der Waals surface area contributed by atoms with Crippen molar-refractivity contribution in [3.63, 3.8) is 0 Å². The van der Waals surface area contributed by atoms with Gasteiger partial charge in [0.2, 0.25) is 5.88 Å². The average molecular weight is 520 g/mol. The Bertz CT molecular complexity index is 1680. The highest BCUT2D eigenvalue weighted by Gasteiger charge is 2.23. The number of hydrogen-bond donors (Lipinski definition) is 1. The molecular formula is C26H18ClN3O5S. The Morgan fingerprint density at radius 1 is 1.08 bits per heavy atom. The van der Waals surface area contributed by atoms with E-state index in [-0.39, 0.29) is 18.0 Å². The van der Waals surface area contributed by atoms with Crippen LogP contribution in [0, 0.1) is 0 Å². The minimum atomic E-state index is -1.01. The molecule has 10 heteroatoms. The number of aromatic nitrogens is 2. The van der Waals surface area contributed by atoms with Crippen LogP contribution in [0.1, 0.15) is 15.9 Å². The third kappa shape index (κ3) is 4.41. The lowest BCUT2D eigenvalue weighted by atomic mass is 10.1. The molecule has 36 heavy (non-hydrogen) atoms. The number of amides is 1. The van der Waals surface area contributed by atoms with Crippen LogP contribution in [-0.2, 0) is 11.3 Å². The first kappa shape index (κ1) is 23.5. The minimum Gasteiger partial charge on any atom is -0.437 e. The number of methoxy groups -OCH3 is 1. The fourth-order valence-corrected chi connectivity index (χ4v) is 4.70. The standard InChI is InChI=1S/C26H18ClN3O5S/c1-34-26(33)35-25-19(13-28-24(32)15-7-10-22-20(11-15)29-14-36-22)23(31)18-9-8-16(27)12-21(18)30(25)17-5-3-2-4-6-17/h2-12,14H,13H2,1H3,(H,28,32). The van der Waals surface area contributed by atoms with Gasteiger partial charge in [0.1, 0.15) is 0 Å². The predicted octanol–water partition coefficient (Wildman–Crippen LogP) is 5.33. The number of ether oxygens (including phenoxy) is 2. The van der Waals surface area contributed by atoms with Crippen LogP contribution in [0.2, 0.25) is 5.02 Å².